The maximum absolute atomic E-state index is 11.3. The lowest BCUT2D eigenvalue weighted by atomic mass is 10.1. The monoisotopic (exact) mass is 330 g/mol. The molecule has 0 aliphatic carbocycles. The standard InChI is InChI=1S/C14H22N2O5S/c1-16-14(17)13(15)10-11-4-6-12(7-5-11)21-8-2-3-9-22(18,19)20/h4-7,13H,2-3,8-10,15H2,1H3,(H,16,17)(H,18,19,20)/t13-/m0/s1. The van der Waals surface area contributed by atoms with E-state index in [1.807, 2.05) is 12.1 Å². The number of amides is 1. The summed E-state index contributed by atoms with van der Waals surface area (Å²) in [4.78, 5) is 11.3. The van der Waals surface area contributed by atoms with Crippen molar-refractivity contribution >= 4 is 16.0 Å². The fourth-order valence-electron chi connectivity index (χ4n) is 1.83. The van der Waals surface area contributed by atoms with Crippen LogP contribution in [0.2, 0.25) is 0 Å². The Kier molecular flexibility index (Phi) is 7.30. The van der Waals surface area contributed by atoms with Crippen molar-refractivity contribution in [1.29, 1.82) is 0 Å². The Morgan fingerprint density at radius 3 is 2.50 bits per heavy atom. The van der Waals surface area contributed by atoms with Crippen LogP contribution < -0.4 is 15.8 Å². The molecule has 7 nitrogen and oxygen atoms in total. The lowest BCUT2D eigenvalue weighted by Crippen LogP contribution is -2.40. The van der Waals surface area contributed by atoms with Crippen LogP contribution in [-0.2, 0) is 21.3 Å². The number of nitrogens with one attached hydrogen (secondary N) is 1. The molecule has 1 rings (SSSR count). The topological polar surface area (TPSA) is 119 Å². The summed E-state index contributed by atoms with van der Waals surface area (Å²) in [6, 6.07) is 6.62. The highest BCUT2D eigenvalue weighted by Gasteiger charge is 2.11. The third kappa shape index (κ3) is 7.39. The van der Waals surface area contributed by atoms with E-state index in [0.717, 1.165) is 5.56 Å². The first-order chi connectivity index (χ1) is 10.3. The zero-order valence-electron chi connectivity index (χ0n) is 12.5. The second-order valence-corrected chi connectivity index (χ2v) is 6.48. The molecule has 0 aliphatic heterocycles. The van der Waals surface area contributed by atoms with Gasteiger partial charge in [0, 0.05) is 7.05 Å². The summed E-state index contributed by atoms with van der Waals surface area (Å²) in [6.45, 7) is 0.368. The van der Waals surface area contributed by atoms with Gasteiger partial charge in [0.05, 0.1) is 18.4 Å². The van der Waals surface area contributed by atoms with Crippen LogP contribution in [0.25, 0.3) is 0 Å². The number of hydrogen-bond acceptors (Lipinski definition) is 5. The van der Waals surface area contributed by atoms with E-state index in [2.05, 4.69) is 5.32 Å². The summed E-state index contributed by atoms with van der Waals surface area (Å²) in [5, 5.41) is 2.50. The van der Waals surface area contributed by atoms with Gasteiger partial charge in [-0.2, -0.15) is 8.42 Å². The summed E-state index contributed by atoms with van der Waals surface area (Å²) in [5.74, 6) is 0.190. The van der Waals surface area contributed by atoms with Crippen molar-refractivity contribution in [2.24, 2.45) is 5.73 Å². The number of ether oxygens (including phenoxy) is 1. The lowest BCUT2D eigenvalue weighted by Gasteiger charge is -2.11. The molecule has 0 aromatic heterocycles. The molecule has 0 spiro atoms. The van der Waals surface area contributed by atoms with Gasteiger partial charge >= 0.3 is 0 Å². The van der Waals surface area contributed by atoms with Gasteiger partial charge in [-0.3, -0.25) is 9.35 Å². The molecular formula is C14H22N2O5S. The van der Waals surface area contributed by atoms with Crippen LogP contribution in [0.4, 0.5) is 0 Å². The molecule has 0 saturated heterocycles. The average Bonchev–Trinajstić information content (AvgIpc) is 2.46. The largest absolute Gasteiger partial charge is 0.494 e. The van der Waals surface area contributed by atoms with Gasteiger partial charge in [-0.15, -0.1) is 0 Å². The minimum absolute atomic E-state index is 0.209. The fourth-order valence-corrected chi connectivity index (χ4v) is 2.40. The maximum Gasteiger partial charge on any atom is 0.264 e. The Morgan fingerprint density at radius 1 is 1.32 bits per heavy atom. The van der Waals surface area contributed by atoms with E-state index in [1.54, 1.807) is 19.2 Å². The third-order valence-corrected chi connectivity index (χ3v) is 3.83. The molecule has 124 valence electrons. The Balaban J connectivity index is 2.34. The molecule has 0 bridgehead atoms. The third-order valence-electron chi connectivity index (χ3n) is 3.03. The summed E-state index contributed by atoms with van der Waals surface area (Å²) in [7, 11) is -2.35. The zero-order valence-corrected chi connectivity index (χ0v) is 13.3. The highest BCUT2D eigenvalue weighted by molar-refractivity contribution is 7.85. The maximum atomic E-state index is 11.3. The second-order valence-electron chi connectivity index (χ2n) is 4.91. The molecule has 1 amide bonds. The van der Waals surface area contributed by atoms with Gasteiger partial charge in [-0.1, -0.05) is 12.1 Å². The van der Waals surface area contributed by atoms with Crippen LogP contribution in [0.15, 0.2) is 24.3 Å². The van der Waals surface area contributed by atoms with Gasteiger partial charge < -0.3 is 15.8 Å². The molecule has 0 fully saturated rings. The molecule has 1 aromatic rings. The molecule has 22 heavy (non-hydrogen) atoms. The van der Waals surface area contributed by atoms with Crippen molar-refractivity contribution in [1.82, 2.24) is 5.32 Å². The highest BCUT2D eigenvalue weighted by atomic mass is 32.2. The molecule has 0 aliphatic rings. The van der Waals surface area contributed by atoms with Crippen LogP contribution >= 0.6 is 0 Å². The van der Waals surface area contributed by atoms with Gasteiger partial charge in [0.15, 0.2) is 0 Å². The van der Waals surface area contributed by atoms with E-state index in [9.17, 15) is 13.2 Å². The van der Waals surface area contributed by atoms with Crippen LogP contribution in [0, 0.1) is 0 Å². The van der Waals surface area contributed by atoms with Crippen molar-refractivity contribution in [3.8, 4) is 5.75 Å². The predicted molar refractivity (Wildman–Crippen MR) is 83.3 cm³/mol. The number of benzene rings is 1. The summed E-state index contributed by atoms with van der Waals surface area (Å²) >= 11 is 0. The summed E-state index contributed by atoms with van der Waals surface area (Å²) < 4.78 is 35.1. The van der Waals surface area contributed by atoms with Gasteiger partial charge in [0.1, 0.15) is 5.75 Å². The van der Waals surface area contributed by atoms with E-state index in [0.29, 0.717) is 31.6 Å². The van der Waals surface area contributed by atoms with Crippen molar-refractivity contribution in [2.45, 2.75) is 25.3 Å². The Hall–Kier alpha value is -1.64. The molecule has 0 radical (unpaired) electrons. The number of likely N-dealkylation sites (N-methyl/N-ethyl adjacent to an activating group) is 1. The van der Waals surface area contributed by atoms with Crippen molar-refractivity contribution in [3.63, 3.8) is 0 Å². The molecule has 1 atom stereocenters. The molecule has 0 saturated carbocycles. The smallest absolute Gasteiger partial charge is 0.264 e. The fraction of sp³-hybridized carbons (Fsp3) is 0.500. The first kappa shape index (κ1) is 18.4. The van der Waals surface area contributed by atoms with E-state index >= 15 is 0 Å². The van der Waals surface area contributed by atoms with Gasteiger partial charge in [-0.25, -0.2) is 0 Å². The van der Waals surface area contributed by atoms with Crippen LogP contribution in [-0.4, -0.2) is 44.3 Å². The quantitative estimate of drug-likeness (QED) is 0.444. The minimum Gasteiger partial charge on any atom is -0.494 e. The van der Waals surface area contributed by atoms with E-state index in [-0.39, 0.29) is 11.7 Å². The molecule has 0 unspecified atom stereocenters. The summed E-state index contributed by atoms with van der Waals surface area (Å²) in [5.41, 5.74) is 6.66. The van der Waals surface area contributed by atoms with E-state index in [1.165, 1.54) is 0 Å². The number of rotatable bonds is 9. The van der Waals surface area contributed by atoms with Crippen molar-refractivity contribution < 1.29 is 22.5 Å². The predicted octanol–water partition coefficient (Wildman–Crippen LogP) is 0.349. The normalized spacial score (nSPS) is 12.7. The van der Waals surface area contributed by atoms with E-state index in [4.69, 9.17) is 15.0 Å². The van der Waals surface area contributed by atoms with Crippen molar-refractivity contribution in [3.05, 3.63) is 29.8 Å². The van der Waals surface area contributed by atoms with Crippen LogP contribution in [0.3, 0.4) is 0 Å². The zero-order chi connectivity index (χ0) is 16.6. The molecular weight excluding hydrogens is 308 g/mol. The van der Waals surface area contributed by atoms with Gasteiger partial charge in [0.25, 0.3) is 10.1 Å². The minimum atomic E-state index is -3.90. The first-order valence-electron chi connectivity index (χ1n) is 6.96. The van der Waals surface area contributed by atoms with Crippen LogP contribution in [0.5, 0.6) is 5.75 Å². The van der Waals surface area contributed by atoms with Gasteiger partial charge in [-0.05, 0) is 37.0 Å². The lowest BCUT2D eigenvalue weighted by molar-refractivity contribution is -0.121. The Bertz CT molecular complexity index is 571. The molecule has 4 N–H and O–H groups in total. The Morgan fingerprint density at radius 2 is 1.95 bits per heavy atom. The number of carbonyl (C=O) groups excluding carboxylic acids is 1. The van der Waals surface area contributed by atoms with Crippen molar-refractivity contribution in [2.75, 3.05) is 19.4 Å². The van der Waals surface area contributed by atoms with Gasteiger partial charge in [0.2, 0.25) is 5.91 Å². The van der Waals surface area contributed by atoms with Crippen LogP contribution in [0.1, 0.15) is 18.4 Å². The molecule has 8 heteroatoms. The second kappa shape index (κ2) is 8.72. The SMILES string of the molecule is CNC(=O)[C@@H](N)Cc1ccc(OCCCCS(=O)(=O)O)cc1. The summed E-state index contributed by atoms with van der Waals surface area (Å²) in [6.07, 6.45) is 1.31. The molecule has 1 aromatic carbocycles. The first-order valence-corrected chi connectivity index (χ1v) is 8.57. The number of hydrogen-bond donors (Lipinski definition) is 3. The average molecular weight is 330 g/mol. The number of carbonyl (C=O) groups is 1. The number of nitrogens with two attached hydrogens (primary N) is 1. The Labute approximate surface area is 130 Å². The van der Waals surface area contributed by atoms with E-state index < -0.39 is 16.2 Å². The molecule has 0 heterocycles. The number of unbranched alkanes of at least 4 members (excludes halogenated alkanes) is 1. The highest BCUT2D eigenvalue weighted by Crippen LogP contribution is 2.14.